The van der Waals surface area contributed by atoms with Crippen molar-refractivity contribution in [3.63, 3.8) is 0 Å². The van der Waals surface area contributed by atoms with Crippen molar-refractivity contribution in [3.8, 4) is 5.69 Å². The number of benzene rings is 2. The topological polar surface area (TPSA) is 37.8 Å². The Morgan fingerprint density at radius 1 is 1.06 bits per heavy atom. The molecule has 0 saturated carbocycles. The summed E-state index contributed by atoms with van der Waals surface area (Å²) < 4.78 is 2.62. The van der Waals surface area contributed by atoms with Gasteiger partial charge in [-0.25, -0.2) is 4.79 Å². The summed E-state index contributed by atoms with van der Waals surface area (Å²) in [7, 11) is 0. The third-order valence-corrected chi connectivity index (χ3v) is 3.15. The van der Waals surface area contributed by atoms with Gasteiger partial charge in [-0.3, -0.25) is 4.57 Å². The summed E-state index contributed by atoms with van der Waals surface area (Å²) >= 11 is 3.42. The molecule has 0 aliphatic heterocycles. The second kappa shape index (κ2) is 3.89. The van der Waals surface area contributed by atoms with Crippen molar-refractivity contribution in [2.45, 2.75) is 0 Å². The standard InChI is InChI=1S/C13H9BrN2O/c14-9-6-7-11-12(8-9)16(13(17)15-11)10-4-2-1-3-5-10/h1-8H,(H,15,17). The maximum atomic E-state index is 11.9. The van der Waals surface area contributed by atoms with Gasteiger partial charge in [-0.05, 0) is 30.3 Å². The van der Waals surface area contributed by atoms with Crippen LogP contribution in [0.25, 0.3) is 16.7 Å². The van der Waals surface area contributed by atoms with Crippen molar-refractivity contribution in [2.75, 3.05) is 0 Å². The van der Waals surface area contributed by atoms with Crippen molar-refractivity contribution in [2.24, 2.45) is 0 Å². The molecule has 0 fully saturated rings. The van der Waals surface area contributed by atoms with Crippen molar-refractivity contribution in [3.05, 3.63) is 63.5 Å². The zero-order valence-electron chi connectivity index (χ0n) is 8.85. The van der Waals surface area contributed by atoms with Crippen molar-refractivity contribution in [1.82, 2.24) is 9.55 Å². The van der Waals surface area contributed by atoms with E-state index < -0.39 is 0 Å². The number of imidazole rings is 1. The van der Waals surface area contributed by atoms with Crippen LogP contribution in [0.1, 0.15) is 0 Å². The molecule has 0 spiro atoms. The number of fused-ring (bicyclic) bond motifs is 1. The molecule has 1 N–H and O–H groups in total. The molecule has 84 valence electrons. The minimum atomic E-state index is -0.121. The minimum absolute atomic E-state index is 0.121. The van der Waals surface area contributed by atoms with Gasteiger partial charge in [0.2, 0.25) is 0 Å². The van der Waals surface area contributed by atoms with Crippen molar-refractivity contribution < 1.29 is 0 Å². The molecule has 0 atom stereocenters. The average molecular weight is 289 g/mol. The minimum Gasteiger partial charge on any atom is -0.305 e. The largest absolute Gasteiger partial charge is 0.331 e. The van der Waals surface area contributed by atoms with E-state index in [4.69, 9.17) is 0 Å². The molecule has 0 saturated heterocycles. The predicted molar refractivity (Wildman–Crippen MR) is 71.6 cm³/mol. The average Bonchev–Trinajstić information content (AvgIpc) is 2.65. The highest BCUT2D eigenvalue weighted by Crippen LogP contribution is 2.19. The summed E-state index contributed by atoms with van der Waals surface area (Å²) in [5, 5.41) is 0. The Hall–Kier alpha value is -1.81. The summed E-state index contributed by atoms with van der Waals surface area (Å²) in [5.74, 6) is 0. The predicted octanol–water partition coefficient (Wildman–Crippen LogP) is 3.08. The molecular formula is C13H9BrN2O. The van der Waals surface area contributed by atoms with Crippen LogP contribution in [-0.2, 0) is 0 Å². The van der Waals surface area contributed by atoms with E-state index in [9.17, 15) is 4.79 Å². The molecule has 1 aromatic heterocycles. The van der Waals surface area contributed by atoms with Gasteiger partial charge >= 0.3 is 5.69 Å². The normalized spacial score (nSPS) is 10.9. The molecule has 0 aliphatic carbocycles. The summed E-state index contributed by atoms with van der Waals surface area (Å²) in [6.07, 6.45) is 0. The lowest BCUT2D eigenvalue weighted by Gasteiger charge is -2.02. The van der Waals surface area contributed by atoms with E-state index in [2.05, 4.69) is 20.9 Å². The maximum absolute atomic E-state index is 11.9. The molecule has 3 nitrogen and oxygen atoms in total. The molecule has 0 bridgehead atoms. The van der Waals surface area contributed by atoms with Crippen LogP contribution in [0.4, 0.5) is 0 Å². The Morgan fingerprint density at radius 2 is 1.82 bits per heavy atom. The summed E-state index contributed by atoms with van der Waals surface area (Å²) in [6.45, 7) is 0. The number of H-pyrrole nitrogens is 1. The molecule has 1 heterocycles. The van der Waals surface area contributed by atoms with Gasteiger partial charge in [0.1, 0.15) is 0 Å². The molecule has 0 amide bonds. The molecule has 0 radical (unpaired) electrons. The van der Waals surface area contributed by atoms with Gasteiger partial charge in [0.05, 0.1) is 16.7 Å². The van der Waals surface area contributed by atoms with Gasteiger partial charge in [0, 0.05) is 4.47 Å². The van der Waals surface area contributed by atoms with E-state index in [1.165, 1.54) is 0 Å². The summed E-state index contributed by atoms with van der Waals surface area (Å²) in [5.41, 5.74) is 2.45. The number of hydrogen-bond acceptors (Lipinski definition) is 1. The molecule has 3 rings (SSSR count). The lowest BCUT2D eigenvalue weighted by atomic mass is 10.3. The second-order valence-corrected chi connectivity index (χ2v) is 4.68. The number of nitrogens with zero attached hydrogens (tertiary/aromatic N) is 1. The smallest absolute Gasteiger partial charge is 0.305 e. The van der Waals surface area contributed by atoms with Gasteiger partial charge in [0.15, 0.2) is 0 Å². The molecule has 2 aromatic carbocycles. The Bertz CT molecular complexity index is 728. The molecule has 17 heavy (non-hydrogen) atoms. The van der Waals surface area contributed by atoms with Crippen LogP contribution in [0.5, 0.6) is 0 Å². The first-order valence-electron chi connectivity index (χ1n) is 5.21. The highest BCUT2D eigenvalue weighted by atomic mass is 79.9. The molecule has 0 aliphatic rings. The number of halogens is 1. The fourth-order valence-electron chi connectivity index (χ4n) is 1.91. The number of aromatic nitrogens is 2. The van der Waals surface area contributed by atoms with Gasteiger partial charge in [-0.1, -0.05) is 34.1 Å². The number of rotatable bonds is 1. The lowest BCUT2D eigenvalue weighted by Crippen LogP contribution is -2.14. The van der Waals surface area contributed by atoms with Gasteiger partial charge in [0.25, 0.3) is 0 Å². The van der Waals surface area contributed by atoms with E-state index in [-0.39, 0.29) is 5.69 Å². The number of nitrogens with one attached hydrogen (secondary N) is 1. The zero-order chi connectivity index (χ0) is 11.8. The Kier molecular flexibility index (Phi) is 2.37. The quantitative estimate of drug-likeness (QED) is 0.734. The lowest BCUT2D eigenvalue weighted by molar-refractivity contribution is 1.02. The van der Waals surface area contributed by atoms with Gasteiger partial charge in [-0.15, -0.1) is 0 Å². The summed E-state index contributed by atoms with van der Waals surface area (Å²) in [4.78, 5) is 14.8. The monoisotopic (exact) mass is 288 g/mol. The van der Waals surface area contributed by atoms with E-state index in [1.54, 1.807) is 4.57 Å². The van der Waals surface area contributed by atoms with E-state index in [1.807, 2.05) is 48.5 Å². The Morgan fingerprint density at radius 3 is 2.59 bits per heavy atom. The third-order valence-electron chi connectivity index (χ3n) is 2.66. The van der Waals surface area contributed by atoms with Gasteiger partial charge < -0.3 is 4.98 Å². The summed E-state index contributed by atoms with van der Waals surface area (Å²) in [6, 6.07) is 15.3. The molecule has 3 aromatic rings. The van der Waals surface area contributed by atoms with Crippen molar-refractivity contribution >= 4 is 27.0 Å². The van der Waals surface area contributed by atoms with E-state index >= 15 is 0 Å². The highest BCUT2D eigenvalue weighted by molar-refractivity contribution is 9.10. The van der Waals surface area contributed by atoms with Gasteiger partial charge in [-0.2, -0.15) is 0 Å². The second-order valence-electron chi connectivity index (χ2n) is 3.76. The van der Waals surface area contributed by atoms with Crippen LogP contribution < -0.4 is 5.69 Å². The first-order valence-corrected chi connectivity index (χ1v) is 6.01. The SMILES string of the molecule is O=c1[nH]c2ccc(Br)cc2n1-c1ccccc1. The zero-order valence-corrected chi connectivity index (χ0v) is 10.4. The van der Waals surface area contributed by atoms with Crippen LogP contribution in [-0.4, -0.2) is 9.55 Å². The van der Waals surface area contributed by atoms with Crippen LogP contribution in [0.2, 0.25) is 0 Å². The first-order chi connectivity index (χ1) is 8.25. The van der Waals surface area contributed by atoms with Crippen LogP contribution in [0.3, 0.4) is 0 Å². The number of para-hydroxylation sites is 1. The van der Waals surface area contributed by atoms with E-state index in [0.29, 0.717) is 0 Å². The molecule has 4 heteroatoms. The van der Waals surface area contributed by atoms with Crippen LogP contribution >= 0.6 is 15.9 Å². The fraction of sp³-hybridized carbons (Fsp3) is 0. The van der Waals surface area contributed by atoms with Crippen LogP contribution in [0.15, 0.2) is 57.8 Å². The number of aromatic amines is 1. The number of hydrogen-bond donors (Lipinski definition) is 1. The first kappa shape index (κ1) is 10.4. The van der Waals surface area contributed by atoms with Crippen LogP contribution in [0, 0.1) is 0 Å². The molecular weight excluding hydrogens is 280 g/mol. The highest BCUT2D eigenvalue weighted by Gasteiger charge is 2.08. The fourth-order valence-corrected chi connectivity index (χ4v) is 2.26. The van der Waals surface area contributed by atoms with E-state index in [0.717, 1.165) is 21.2 Å². The maximum Gasteiger partial charge on any atom is 0.331 e. The Balaban J connectivity index is 2.40. The third kappa shape index (κ3) is 1.70. The molecule has 0 unspecified atom stereocenters. The van der Waals surface area contributed by atoms with Crippen molar-refractivity contribution in [1.29, 1.82) is 0 Å². The Labute approximate surface area is 106 Å².